The molecule has 0 spiro atoms. The van der Waals surface area contributed by atoms with Crippen LogP contribution >= 0.6 is 0 Å². The molecule has 11 nitrogen and oxygen atoms in total. The number of aliphatic hydroxyl groups excluding tert-OH is 3. The summed E-state index contributed by atoms with van der Waals surface area (Å²) in [5, 5.41) is 56.7. The first kappa shape index (κ1) is 27.3. The first-order valence-electron chi connectivity index (χ1n) is 12.5. The second-order valence-corrected chi connectivity index (χ2v) is 10.5. The highest BCUT2D eigenvalue weighted by Gasteiger charge is 2.68. The number of fused-ring (bicyclic) bond motifs is 3. The van der Waals surface area contributed by atoms with Gasteiger partial charge in [0.25, 0.3) is 5.91 Å². The van der Waals surface area contributed by atoms with Crippen molar-refractivity contribution in [2.45, 2.75) is 23.8 Å². The lowest BCUT2D eigenvalue weighted by molar-refractivity contribution is -0.169. The number of nitrogens with two attached hydrogens (primary N) is 2. The summed E-state index contributed by atoms with van der Waals surface area (Å²) in [6.45, 7) is 0. The number of ketones is 2. The zero-order valence-corrected chi connectivity index (χ0v) is 21.6. The van der Waals surface area contributed by atoms with Crippen LogP contribution in [0.25, 0.3) is 17.9 Å². The number of carbonyl (C=O) groups is 3. The normalized spacial score (nSPS) is 30.0. The summed E-state index contributed by atoms with van der Waals surface area (Å²) in [4.78, 5) is 40.6. The number of amides is 1. The number of carbonyl (C=O) groups excluding carboxylic acids is 3. The average molecular weight is 548 g/mol. The third-order valence-electron chi connectivity index (χ3n) is 8.13. The Morgan fingerprint density at radius 2 is 1.68 bits per heavy atom. The third kappa shape index (κ3) is 3.63. The van der Waals surface area contributed by atoms with Crippen LogP contribution in [0.2, 0.25) is 0 Å². The first-order chi connectivity index (χ1) is 18.8. The molecule has 2 aromatic rings. The van der Waals surface area contributed by atoms with Crippen LogP contribution in [0.15, 0.2) is 59.4 Å². The zero-order chi connectivity index (χ0) is 29.3. The maximum Gasteiger partial charge on any atom is 0.255 e. The molecule has 2 aromatic carbocycles. The fraction of sp³-hybridized carbons (Fsp3) is 0.276. The summed E-state index contributed by atoms with van der Waals surface area (Å²) in [7, 11) is 2.87. The van der Waals surface area contributed by atoms with Crippen LogP contribution in [-0.4, -0.2) is 79.7 Å². The number of aromatic hydroxyl groups is 1. The number of aliphatic hydroxyl groups is 4. The van der Waals surface area contributed by atoms with E-state index in [1.807, 2.05) is 30.3 Å². The Kier molecular flexibility index (Phi) is 6.42. The van der Waals surface area contributed by atoms with Crippen LogP contribution in [0.1, 0.15) is 28.3 Å². The van der Waals surface area contributed by atoms with Crippen LogP contribution in [0.5, 0.6) is 5.75 Å². The Hall–Kier alpha value is -4.29. The summed E-state index contributed by atoms with van der Waals surface area (Å²) >= 11 is 0. The standard InChI is InChI=1S/C29H29N3O8/c1-32(2)21-19-24(35)16-17(26(37)29(19,40)27(38)18(25(21)36)28(31)39)23(34)15-14(20(16)30)11-10-13(22(15)33)9-8-12-6-4-3-5-7-12/h3-11,16,19-21,24,33-35,38,40H,30H2,1-2H3,(H2,31,39)/b9-8+/t16-,19+,20-,21-,24-,29-/m0/s1. The highest BCUT2D eigenvalue weighted by molar-refractivity contribution is 6.24. The fourth-order valence-corrected chi connectivity index (χ4v) is 6.26. The molecule has 1 saturated carbocycles. The number of benzene rings is 2. The summed E-state index contributed by atoms with van der Waals surface area (Å²) in [6.07, 6.45) is 1.58. The average Bonchev–Trinajstić information content (AvgIpc) is 2.90. The van der Waals surface area contributed by atoms with Gasteiger partial charge in [-0.2, -0.15) is 0 Å². The molecule has 1 amide bonds. The molecule has 3 aliphatic rings. The van der Waals surface area contributed by atoms with Crippen LogP contribution < -0.4 is 11.5 Å². The van der Waals surface area contributed by atoms with E-state index in [0.717, 1.165) is 5.56 Å². The lowest BCUT2D eigenvalue weighted by atomic mass is 9.55. The van der Waals surface area contributed by atoms with Gasteiger partial charge in [0, 0.05) is 23.1 Å². The van der Waals surface area contributed by atoms with E-state index in [-0.39, 0.29) is 16.7 Å². The minimum absolute atomic E-state index is 0.175. The smallest absolute Gasteiger partial charge is 0.255 e. The van der Waals surface area contributed by atoms with Crippen molar-refractivity contribution in [3.63, 3.8) is 0 Å². The van der Waals surface area contributed by atoms with Crippen molar-refractivity contribution in [1.29, 1.82) is 0 Å². The summed E-state index contributed by atoms with van der Waals surface area (Å²) in [5.41, 5.74) is 8.49. The molecular formula is C29H29N3O8. The molecule has 5 rings (SSSR count). The first-order valence-corrected chi connectivity index (χ1v) is 12.5. The van der Waals surface area contributed by atoms with Gasteiger partial charge in [0.05, 0.1) is 23.6 Å². The maximum absolute atomic E-state index is 14.0. The molecule has 208 valence electrons. The maximum atomic E-state index is 14.0. The number of Topliss-reactive ketones (excluding diaryl/α,β-unsaturated/α-hetero) is 2. The topological polar surface area (TPSA) is 208 Å². The van der Waals surface area contributed by atoms with Gasteiger partial charge in [-0.1, -0.05) is 54.6 Å². The summed E-state index contributed by atoms with van der Waals surface area (Å²) < 4.78 is 0. The molecule has 9 N–H and O–H groups in total. The molecule has 6 atom stereocenters. The quantitative estimate of drug-likeness (QED) is 0.209. The Balaban J connectivity index is 1.72. The van der Waals surface area contributed by atoms with E-state index in [0.29, 0.717) is 0 Å². The highest BCUT2D eigenvalue weighted by Crippen LogP contribution is 2.55. The van der Waals surface area contributed by atoms with Crippen molar-refractivity contribution in [2.75, 3.05) is 14.1 Å². The molecule has 0 bridgehead atoms. The fourth-order valence-electron chi connectivity index (χ4n) is 6.26. The van der Waals surface area contributed by atoms with Crippen LogP contribution in [0.3, 0.4) is 0 Å². The van der Waals surface area contributed by atoms with Crippen LogP contribution in [0.4, 0.5) is 0 Å². The minimum atomic E-state index is -3.00. The Bertz CT molecular complexity index is 1540. The van der Waals surface area contributed by atoms with Crippen LogP contribution in [0, 0.1) is 11.8 Å². The molecule has 0 aromatic heterocycles. The Labute approximate surface area is 229 Å². The largest absolute Gasteiger partial charge is 0.508 e. The van der Waals surface area contributed by atoms with Crippen LogP contribution in [-0.2, 0) is 14.4 Å². The second-order valence-electron chi connectivity index (χ2n) is 10.5. The number of phenols is 1. The number of primary amides is 1. The summed E-state index contributed by atoms with van der Waals surface area (Å²) in [5.74, 6) is -9.08. The lowest BCUT2D eigenvalue weighted by Crippen LogP contribution is -2.70. The minimum Gasteiger partial charge on any atom is -0.508 e. The Morgan fingerprint density at radius 1 is 1.02 bits per heavy atom. The number of phenolic OH excluding ortho intramolecular Hbond substituents is 1. The highest BCUT2D eigenvalue weighted by atomic mass is 16.4. The van der Waals surface area contributed by atoms with Gasteiger partial charge in [0.1, 0.15) is 22.8 Å². The third-order valence-corrected chi connectivity index (χ3v) is 8.13. The number of nitrogens with zero attached hydrogens (tertiary/aromatic N) is 1. The molecule has 11 heteroatoms. The Morgan fingerprint density at radius 3 is 2.27 bits per heavy atom. The van der Waals surface area contributed by atoms with Gasteiger partial charge in [0.15, 0.2) is 11.4 Å². The van der Waals surface area contributed by atoms with Crippen molar-refractivity contribution in [3.05, 3.63) is 81.6 Å². The molecule has 1 fully saturated rings. The van der Waals surface area contributed by atoms with Gasteiger partial charge in [-0.15, -0.1) is 0 Å². The molecule has 40 heavy (non-hydrogen) atoms. The summed E-state index contributed by atoms with van der Waals surface area (Å²) in [6, 6.07) is 9.74. The van der Waals surface area contributed by atoms with E-state index in [1.165, 1.54) is 19.0 Å². The second kappa shape index (κ2) is 9.42. The number of hydrogen-bond acceptors (Lipinski definition) is 10. The molecular weight excluding hydrogens is 518 g/mol. The molecule has 3 aliphatic carbocycles. The van der Waals surface area contributed by atoms with Gasteiger partial charge in [-0.3, -0.25) is 19.3 Å². The van der Waals surface area contributed by atoms with Gasteiger partial charge in [0.2, 0.25) is 5.78 Å². The van der Waals surface area contributed by atoms with Gasteiger partial charge in [-0.05, 0) is 25.2 Å². The molecule has 0 radical (unpaired) electrons. The van der Waals surface area contributed by atoms with E-state index >= 15 is 0 Å². The van der Waals surface area contributed by atoms with E-state index in [2.05, 4.69) is 0 Å². The predicted molar refractivity (Wildman–Crippen MR) is 144 cm³/mol. The van der Waals surface area contributed by atoms with E-state index in [1.54, 1.807) is 24.3 Å². The zero-order valence-electron chi connectivity index (χ0n) is 21.6. The molecule has 0 aliphatic heterocycles. The van der Waals surface area contributed by atoms with Crippen molar-refractivity contribution in [1.82, 2.24) is 4.90 Å². The van der Waals surface area contributed by atoms with E-state index in [4.69, 9.17) is 11.5 Å². The van der Waals surface area contributed by atoms with Crippen molar-refractivity contribution < 1.29 is 39.9 Å². The van der Waals surface area contributed by atoms with Gasteiger partial charge < -0.3 is 37.0 Å². The van der Waals surface area contributed by atoms with Crippen molar-refractivity contribution >= 4 is 35.4 Å². The predicted octanol–water partition coefficient (Wildman–Crippen LogP) is 0.563. The van der Waals surface area contributed by atoms with Crippen molar-refractivity contribution in [2.24, 2.45) is 23.3 Å². The molecule has 0 unspecified atom stereocenters. The lowest BCUT2D eigenvalue weighted by Gasteiger charge is -2.53. The monoisotopic (exact) mass is 547 g/mol. The molecule has 0 heterocycles. The van der Waals surface area contributed by atoms with E-state index < -0.39 is 81.5 Å². The van der Waals surface area contributed by atoms with Gasteiger partial charge in [-0.25, -0.2) is 0 Å². The number of rotatable bonds is 4. The van der Waals surface area contributed by atoms with Crippen molar-refractivity contribution in [3.8, 4) is 5.75 Å². The SMILES string of the molecule is CN(C)[C@@H]1C(=O)C(C(N)=O)=C(O)[C@@]2(O)C(=O)C3=C(O)c4c(ccc(/C=C/c5ccccc5)c4O)[C@H](N)[C@H]3[C@H](O)[C@@H]12. The molecule has 0 saturated heterocycles. The van der Waals surface area contributed by atoms with Gasteiger partial charge >= 0.3 is 0 Å². The number of likely N-dealkylation sites (N-methyl/N-ethyl adjacent to an activating group) is 1. The number of hydrogen-bond donors (Lipinski definition) is 7. The van der Waals surface area contributed by atoms with E-state index in [9.17, 15) is 39.9 Å².